The topological polar surface area (TPSA) is 72.9 Å². The van der Waals surface area contributed by atoms with Gasteiger partial charge in [-0.1, -0.05) is 66.7 Å². The number of anilines is 1. The van der Waals surface area contributed by atoms with Crippen molar-refractivity contribution in [1.29, 1.82) is 0 Å². The van der Waals surface area contributed by atoms with Gasteiger partial charge in [-0.25, -0.2) is 0 Å². The van der Waals surface area contributed by atoms with Crippen LogP contribution in [0.4, 0.5) is 5.69 Å². The van der Waals surface area contributed by atoms with E-state index < -0.39 is 23.4 Å². The van der Waals surface area contributed by atoms with Crippen LogP contribution in [0.25, 0.3) is 6.08 Å². The summed E-state index contributed by atoms with van der Waals surface area (Å²) in [6.07, 6.45) is 3.89. The summed E-state index contributed by atoms with van der Waals surface area (Å²) in [5, 5.41) is 1.87. The summed E-state index contributed by atoms with van der Waals surface area (Å²) in [5.74, 6) is -0.446. The van der Waals surface area contributed by atoms with Gasteiger partial charge in [-0.2, -0.15) is 0 Å². The summed E-state index contributed by atoms with van der Waals surface area (Å²) in [6, 6.07) is 22.4. The molecule has 3 aliphatic rings. The van der Waals surface area contributed by atoms with Crippen molar-refractivity contribution >= 4 is 40.4 Å². The van der Waals surface area contributed by atoms with E-state index in [2.05, 4.69) is 0 Å². The molecule has 7 rings (SSSR count). The Morgan fingerprint density at radius 3 is 2.23 bits per heavy atom. The van der Waals surface area contributed by atoms with E-state index in [9.17, 15) is 14.4 Å². The minimum Gasteiger partial charge on any atom is -0.493 e. The number of rotatable bonds is 5. The number of carbonyl (C=O) groups excluding carboxylic acids is 3. The third-order valence-electron chi connectivity index (χ3n) is 8.51. The standard InChI is InChI=1S/C33H25NO5S/c1-38-24-15-13-20(18-25(24)39-2)28-29(30(35)26-12-7-17-40-26)34-23-11-6-3-8-19(23)14-16-27(34)33(28)31(36)21-9-4-5-10-22(21)32(33)37/h3-18,27-29H,1-2H3/t27-,28-,29-/m1/s1. The molecule has 1 saturated heterocycles. The number of carbonyl (C=O) groups is 3. The predicted molar refractivity (Wildman–Crippen MR) is 154 cm³/mol. The molecule has 40 heavy (non-hydrogen) atoms. The van der Waals surface area contributed by atoms with Crippen LogP contribution in [0.2, 0.25) is 0 Å². The Kier molecular flexibility index (Phi) is 5.54. The van der Waals surface area contributed by atoms with E-state index in [1.807, 2.05) is 58.8 Å². The summed E-state index contributed by atoms with van der Waals surface area (Å²) >= 11 is 1.36. The molecule has 1 aromatic heterocycles. The van der Waals surface area contributed by atoms with Gasteiger partial charge in [-0.05, 0) is 40.8 Å². The first kappa shape index (κ1) is 24.5. The molecular formula is C33H25NO5S. The minimum atomic E-state index is -1.55. The number of fused-ring (bicyclic) bond motifs is 5. The van der Waals surface area contributed by atoms with Gasteiger partial charge < -0.3 is 14.4 Å². The first-order valence-electron chi connectivity index (χ1n) is 13.1. The number of benzene rings is 3. The van der Waals surface area contributed by atoms with Crippen LogP contribution >= 0.6 is 11.3 Å². The Morgan fingerprint density at radius 2 is 1.55 bits per heavy atom. The van der Waals surface area contributed by atoms with Crippen molar-refractivity contribution in [3.63, 3.8) is 0 Å². The van der Waals surface area contributed by atoms with Gasteiger partial charge in [0.2, 0.25) is 0 Å². The molecule has 0 bridgehead atoms. The summed E-state index contributed by atoms with van der Waals surface area (Å²) in [4.78, 5) is 46.5. The first-order chi connectivity index (χ1) is 19.5. The highest BCUT2D eigenvalue weighted by Gasteiger charge is 2.71. The fourth-order valence-corrected chi connectivity index (χ4v) is 7.60. The Morgan fingerprint density at radius 1 is 0.850 bits per heavy atom. The summed E-state index contributed by atoms with van der Waals surface area (Å²) in [7, 11) is 3.10. The highest BCUT2D eigenvalue weighted by Crippen LogP contribution is 2.61. The SMILES string of the molecule is COc1ccc([C@@H]2[C@H](C(=O)c3cccs3)N3c4ccccc4C=C[C@@H]3C23C(=O)c2ccccc2C3=O)cc1OC. The van der Waals surface area contributed by atoms with Gasteiger partial charge in [-0.3, -0.25) is 14.4 Å². The molecule has 4 aromatic rings. The molecule has 1 spiro atoms. The van der Waals surface area contributed by atoms with Gasteiger partial charge in [-0.15, -0.1) is 11.3 Å². The second kappa shape index (κ2) is 9.03. The van der Waals surface area contributed by atoms with E-state index in [1.165, 1.54) is 11.3 Å². The normalized spacial score (nSPS) is 21.8. The molecule has 6 nitrogen and oxygen atoms in total. The third-order valence-corrected chi connectivity index (χ3v) is 9.40. The fourth-order valence-electron chi connectivity index (χ4n) is 6.90. The maximum Gasteiger partial charge on any atom is 0.195 e. The van der Waals surface area contributed by atoms with Gasteiger partial charge >= 0.3 is 0 Å². The average Bonchev–Trinajstić information content (AvgIpc) is 3.70. The second-order valence-corrected chi connectivity index (χ2v) is 11.2. The number of nitrogens with zero attached hydrogens (tertiary/aromatic N) is 1. The van der Waals surface area contributed by atoms with E-state index in [0.29, 0.717) is 33.1 Å². The van der Waals surface area contributed by atoms with Gasteiger partial charge in [0.05, 0.1) is 25.1 Å². The van der Waals surface area contributed by atoms with Crippen LogP contribution in [0, 0.1) is 5.41 Å². The zero-order chi connectivity index (χ0) is 27.6. The van der Waals surface area contributed by atoms with Crippen LogP contribution in [0.3, 0.4) is 0 Å². The highest BCUT2D eigenvalue weighted by atomic mass is 32.1. The quantitative estimate of drug-likeness (QED) is 0.223. The molecule has 3 aromatic carbocycles. The number of thiophene rings is 1. The number of ketones is 3. The number of methoxy groups -OCH3 is 2. The summed E-state index contributed by atoms with van der Waals surface area (Å²) in [6.45, 7) is 0. The average molecular weight is 548 g/mol. The monoisotopic (exact) mass is 547 g/mol. The molecule has 198 valence electrons. The van der Waals surface area contributed by atoms with Crippen LogP contribution in [-0.4, -0.2) is 43.7 Å². The molecule has 3 atom stereocenters. The first-order valence-corrected chi connectivity index (χ1v) is 13.9. The molecule has 0 unspecified atom stereocenters. The van der Waals surface area contributed by atoms with E-state index in [0.717, 1.165) is 11.3 Å². The van der Waals surface area contributed by atoms with Crippen molar-refractivity contribution in [1.82, 2.24) is 0 Å². The van der Waals surface area contributed by atoms with Crippen molar-refractivity contribution in [3.8, 4) is 11.5 Å². The van der Waals surface area contributed by atoms with E-state index in [4.69, 9.17) is 9.47 Å². The van der Waals surface area contributed by atoms with Crippen molar-refractivity contribution in [2.45, 2.75) is 18.0 Å². The van der Waals surface area contributed by atoms with E-state index in [1.54, 1.807) is 56.7 Å². The van der Waals surface area contributed by atoms with Gasteiger partial charge in [0, 0.05) is 22.7 Å². The lowest BCUT2D eigenvalue weighted by Gasteiger charge is -2.37. The van der Waals surface area contributed by atoms with Crippen LogP contribution < -0.4 is 14.4 Å². The molecule has 7 heteroatoms. The lowest BCUT2D eigenvalue weighted by atomic mass is 9.64. The van der Waals surface area contributed by atoms with Crippen LogP contribution in [0.1, 0.15) is 47.4 Å². The zero-order valence-electron chi connectivity index (χ0n) is 21.9. The number of para-hydroxylation sites is 1. The maximum atomic E-state index is 14.7. The van der Waals surface area contributed by atoms with Crippen LogP contribution in [0.15, 0.2) is 90.3 Å². The van der Waals surface area contributed by atoms with Crippen molar-refractivity contribution < 1.29 is 23.9 Å². The predicted octanol–water partition coefficient (Wildman–Crippen LogP) is 6.08. The smallest absolute Gasteiger partial charge is 0.195 e. The van der Waals surface area contributed by atoms with Crippen molar-refractivity contribution in [3.05, 3.63) is 117 Å². The Balaban J connectivity index is 1.56. The number of ether oxygens (including phenoxy) is 2. The molecule has 2 aliphatic heterocycles. The number of Topliss-reactive ketones (excluding diaryl/α,β-unsaturated/α-hetero) is 3. The lowest BCUT2D eigenvalue weighted by Crippen LogP contribution is -2.48. The highest BCUT2D eigenvalue weighted by molar-refractivity contribution is 7.12. The Bertz CT molecular complexity index is 1690. The molecule has 1 fully saturated rings. The summed E-state index contributed by atoms with van der Waals surface area (Å²) < 4.78 is 11.1. The van der Waals surface area contributed by atoms with E-state index >= 15 is 0 Å². The largest absolute Gasteiger partial charge is 0.493 e. The van der Waals surface area contributed by atoms with Gasteiger partial charge in [0.1, 0.15) is 11.5 Å². The molecule has 0 N–H and O–H groups in total. The number of hydrogen-bond acceptors (Lipinski definition) is 7. The zero-order valence-corrected chi connectivity index (χ0v) is 22.7. The molecular weight excluding hydrogens is 522 g/mol. The van der Waals surface area contributed by atoms with E-state index in [-0.39, 0.29) is 17.3 Å². The fraction of sp³-hybridized carbons (Fsp3) is 0.182. The van der Waals surface area contributed by atoms with Gasteiger partial charge in [0.15, 0.2) is 28.8 Å². The van der Waals surface area contributed by atoms with Crippen LogP contribution in [0.5, 0.6) is 11.5 Å². The second-order valence-electron chi connectivity index (χ2n) is 10.2. The molecule has 1 aliphatic carbocycles. The Hall–Kier alpha value is -4.49. The molecule has 0 amide bonds. The van der Waals surface area contributed by atoms with Crippen molar-refractivity contribution in [2.24, 2.45) is 5.41 Å². The lowest BCUT2D eigenvalue weighted by molar-refractivity contribution is 0.0666. The third kappa shape index (κ3) is 3.12. The number of hydrogen-bond donors (Lipinski definition) is 0. The molecule has 0 radical (unpaired) electrons. The van der Waals surface area contributed by atoms with Crippen molar-refractivity contribution in [2.75, 3.05) is 19.1 Å². The van der Waals surface area contributed by atoms with Crippen LogP contribution in [-0.2, 0) is 0 Å². The summed E-state index contributed by atoms with van der Waals surface area (Å²) in [5.41, 5.74) is 1.67. The van der Waals surface area contributed by atoms with Gasteiger partial charge in [0.25, 0.3) is 0 Å². The molecule has 3 heterocycles. The minimum absolute atomic E-state index is 0.127. The Labute approximate surface area is 235 Å². The maximum absolute atomic E-state index is 14.7. The molecule has 0 saturated carbocycles.